The van der Waals surface area contributed by atoms with Crippen molar-refractivity contribution in [2.24, 2.45) is 0 Å². The molecule has 0 aliphatic rings. The molecular formula is C17H19N3O3S. The van der Waals surface area contributed by atoms with E-state index in [2.05, 4.69) is 10.6 Å². The summed E-state index contributed by atoms with van der Waals surface area (Å²) in [6.07, 6.45) is 0.856. The van der Waals surface area contributed by atoms with Gasteiger partial charge in [0.1, 0.15) is 11.4 Å². The van der Waals surface area contributed by atoms with Crippen LogP contribution in [0.3, 0.4) is 0 Å². The van der Waals surface area contributed by atoms with Crippen LogP contribution in [0.1, 0.15) is 19.4 Å². The van der Waals surface area contributed by atoms with Crippen LogP contribution in [-0.2, 0) is 6.42 Å². The first-order valence-corrected chi connectivity index (χ1v) is 8.03. The Morgan fingerprint density at radius 2 is 1.88 bits per heavy atom. The highest BCUT2D eigenvalue weighted by Gasteiger charge is 2.16. The topological polar surface area (TPSA) is 76.4 Å². The van der Waals surface area contributed by atoms with Crippen molar-refractivity contribution in [2.75, 3.05) is 17.2 Å². The van der Waals surface area contributed by atoms with E-state index < -0.39 is 4.92 Å². The normalized spacial score (nSPS) is 10.1. The minimum absolute atomic E-state index is 0.0890. The van der Waals surface area contributed by atoms with Gasteiger partial charge in [-0.25, -0.2) is 0 Å². The number of para-hydroxylation sites is 1. The molecule has 0 radical (unpaired) electrons. The molecule has 0 heterocycles. The lowest BCUT2D eigenvalue weighted by Crippen LogP contribution is -2.20. The first-order chi connectivity index (χ1) is 11.5. The molecule has 0 aromatic heterocycles. The summed E-state index contributed by atoms with van der Waals surface area (Å²) < 4.78 is 5.30. The van der Waals surface area contributed by atoms with E-state index in [1.54, 1.807) is 12.1 Å². The van der Waals surface area contributed by atoms with Crippen LogP contribution < -0.4 is 15.4 Å². The number of nitrogens with one attached hydrogen (secondary N) is 2. The molecule has 0 aliphatic carbocycles. The number of benzene rings is 2. The lowest BCUT2D eigenvalue weighted by molar-refractivity contribution is -0.384. The maximum Gasteiger partial charge on any atom is 0.296 e. The van der Waals surface area contributed by atoms with Crippen LogP contribution in [0.15, 0.2) is 42.5 Å². The second-order valence-electron chi connectivity index (χ2n) is 4.96. The van der Waals surface area contributed by atoms with Gasteiger partial charge in [0.25, 0.3) is 5.69 Å². The van der Waals surface area contributed by atoms with Crippen LogP contribution in [0.5, 0.6) is 5.75 Å². The molecule has 6 nitrogen and oxygen atoms in total. The Kier molecular flexibility index (Phi) is 6.08. The molecule has 0 saturated heterocycles. The lowest BCUT2D eigenvalue weighted by Gasteiger charge is -2.14. The molecule has 0 saturated carbocycles. The Hall–Kier alpha value is -2.67. The van der Waals surface area contributed by atoms with Gasteiger partial charge in [0.15, 0.2) is 5.11 Å². The largest absolute Gasteiger partial charge is 0.494 e. The van der Waals surface area contributed by atoms with Crippen LogP contribution in [0.2, 0.25) is 0 Å². The molecular weight excluding hydrogens is 326 g/mol. The zero-order valence-electron chi connectivity index (χ0n) is 13.5. The Balaban J connectivity index is 2.17. The van der Waals surface area contributed by atoms with Gasteiger partial charge in [0.05, 0.1) is 17.6 Å². The number of hydrogen-bond donors (Lipinski definition) is 2. The molecule has 2 aromatic carbocycles. The second-order valence-corrected chi connectivity index (χ2v) is 5.37. The first-order valence-electron chi connectivity index (χ1n) is 7.62. The van der Waals surface area contributed by atoms with E-state index in [9.17, 15) is 10.1 Å². The Labute approximate surface area is 146 Å². The lowest BCUT2D eigenvalue weighted by atomic mass is 10.1. The van der Waals surface area contributed by atoms with E-state index in [1.165, 1.54) is 6.07 Å². The molecule has 7 heteroatoms. The summed E-state index contributed by atoms with van der Waals surface area (Å²) in [5.41, 5.74) is 2.22. The van der Waals surface area contributed by atoms with Crippen molar-refractivity contribution in [3.63, 3.8) is 0 Å². The van der Waals surface area contributed by atoms with Gasteiger partial charge in [-0.2, -0.15) is 0 Å². The van der Waals surface area contributed by atoms with E-state index in [0.717, 1.165) is 17.7 Å². The zero-order valence-corrected chi connectivity index (χ0v) is 14.4. The van der Waals surface area contributed by atoms with Gasteiger partial charge in [-0.3, -0.25) is 10.1 Å². The van der Waals surface area contributed by atoms with Crippen molar-refractivity contribution < 1.29 is 9.66 Å². The molecule has 2 N–H and O–H groups in total. The van der Waals surface area contributed by atoms with Gasteiger partial charge in [-0.15, -0.1) is 0 Å². The van der Waals surface area contributed by atoms with Gasteiger partial charge >= 0.3 is 0 Å². The van der Waals surface area contributed by atoms with Gasteiger partial charge in [-0.05, 0) is 49.3 Å². The van der Waals surface area contributed by atoms with Crippen LogP contribution in [0, 0.1) is 10.1 Å². The highest BCUT2D eigenvalue weighted by atomic mass is 32.1. The summed E-state index contributed by atoms with van der Waals surface area (Å²) >= 11 is 5.28. The van der Waals surface area contributed by atoms with Gasteiger partial charge in [0.2, 0.25) is 0 Å². The first kappa shape index (κ1) is 17.7. The summed E-state index contributed by atoms with van der Waals surface area (Å²) in [5, 5.41) is 17.5. The number of thiocarbonyl (C=S) groups is 1. The molecule has 24 heavy (non-hydrogen) atoms. The Morgan fingerprint density at radius 3 is 2.54 bits per heavy atom. The number of rotatable bonds is 6. The number of ether oxygens (including phenoxy) is 1. The molecule has 0 bridgehead atoms. The van der Waals surface area contributed by atoms with E-state index in [0.29, 0.717) is 23.2 Å². The average Bonchev–Trinajstić information content (AvgIpc) is 2.56. The number of anilines is 2. The van der Waals surface area contributed by atoms with Crippen molar-refractivity contribution in [3.05, 3.63) is 58.1 Å². The van der Waals surface area contributed by atoms with E-state index in [-0.39, 0.29) is 5.69 Å². The van der Waals surface area contributed by atoms with Crippen molar-refractivity contribution in [2.45, 2.75) is 20.3 Å². The van der Waals surface area contributed by atoms with E-state index in [4.69, 9.17) is 17.0 Å². The van der Waals surface area contributed by atoms with Crippen molar-refractivity contribution >= 4 is 34.4 Å². The molecule has 126 valence electrons. The van der Waals surface area contributed by atoms with Crippen molar-refractivity contribution in [1.82, 2.24) is 0 Å². The minimum Gasteiger partial charge on any atom is -0.494 e. The monoisotopic (exact) mass is 345 g/mol. The van der Waals surface area contributed by atoms with Crippen LogP contribution in [-0.4, -0.2) is 16.6 Å². The number of hydrogen-bond acceptors (Lipinski definition) is 4. The fourth-order valence-electron chi connectivity index (χ4n) is 2.25. The summed E-state index contributed by atoms with van der Waals surface area (Å²) in [6.45, 7) is 4.31. The van der Waals surface area contributed by atoms with Gasteiger partial charge in [-0.1, -0.05) is 25.1 Å². The molecule has 0 fully saturated rings. The summed E-state index contributed by atoms with van der Waals surface area (Å²) in [7, 11) is 0. The maximum atomic E-state index is 11.3. The summed E-state index contributed by atoms with van der Waals surface area (Å²) in [4.78, 5) is 10.8. The second kappa shape index (κ2) is 8.26. The highest BCUT2D eigenvalue weighted by Crippen LogP contribution is 2.29. The van der Waals surface area contributed by atoms with Gasteiger partial charge in [0, 0.05) is 5.69 Å². The fourth-order valence-corrected chi connectivity index (χ4v) is 2.47. The molecule has 0 unspecified atom stereocenters. The van der Waals surface area contributed by atoms with Crippen LogP contribution in [0.4, 0.5) is 17.1 Å². The smallest absolute Gasteiger partial charge is 0.296 e. The predicted molar refractivity (Wildman–Crippen MR) is 99.9 cm³/mol. The number of nitrogens with zero attached hydrogens (tertiary/aromatic N) is 1. The van der Waals surface area contributed by atoms with Gasteiger partial charge < -0.3 is 15.4 Å². The molecule has 0 spiro atoms. The minimum atomic E-state index is -0.465. The van der Waals surface area contributed by atoms with Crippen molar-refractivity contribution in [1.29, 1.82) is 0 Å². The Morgan fingerprint density at radius 1 is 1.17 bits per heavy atom. The quantitative estimate of drug-likeness (QED) is 0.460. The number of aryl methyl sites for hydroxylation is 1. The third-order valence-electron chi connectivity index (χ3n) is 3.37. The maximum absolute atomic E-state index is 11.3. The number of nitro groups is 1. The standard InChI is InChI=1S/C17H19N3O3S/c1-3-12-7-5-6-8-14(12)18-17(24)19-15-10-9-13(23-4-2)11-16(15)20(21)22/h5-11H,3-4H2,1-2H3,(H2,18,19,24). The van der Waals surface area contributed by atoms with Crippen LogP contribution >= 0.6 is 12.2 Å². The van der Waals surface area contributed by atoms with Crippen molar-refractivity contribution in [3.8, 4) is 5.75 Å². The van der Waals surface area contributed by atoms with E-state index in [1.807, 2.05) is 38.1 Å². The fraction of sp³-hybridized carbons (Fsp3) is 0.235. The predicted octanol–water partition coefficient (Wildman–Crippen LogP) is 4.36. The van der Waals surface area contributed by atoms with E-state index >= 15 is 0 Å². The summed E-state index contributed by atoms with van der Waals surface area (Å²) in [6, 6.07) is 12.4. The molecule has 0 atom stereocenters. The molecule has 2 rings (SSSR count). The zero-order chi connectivity index (χ0) is 17.5. The molecule has 0 aliphatic heterocycles. The molecule has 2 aromatic rings. The third kappa shape index (κ3) is 4.42. The summed E-state index contributed by atoms with van der Waals surface area (Å²) in [5.74, 6) is 0.449. The SMILES string of the molecule is CCOc1ccc(NC(=S)Nc2ccccc2CC)c([N+](=O)[O-])c1. The number of nitro benzene ring substituents is 1. The highest BCUT2D eigenvalue weighted by molar-refractivity contribution is 7.80. The molecule has 0 amide bonds. The third-order valence-corrected chi connectivity index (χ3v) is 3.58. The average molecular weight is 345 g/mol. The van der Waals surface area contributed by atoms with Crippen LogP contribution in [0.25, 0.3) is 0 Å². The Bertz CT molecular complexity index is 750.